The van der Waals surface area contributed by atoms with Crippen LogP contribution >= 0.6 is 0 Å². The van der Waals surface area contributed by atoms with Crippen LogP contribution < -0.4 is 25.2 Å². The maximum Gasteiger partial charge on any atom is 0.247 e. The summed E-state index contributed by atoms with van der Waals surface area (Å²) in [6.45, 7) is 7.61. The van der Waals surface area contributed by atoms with Gasteiger partial charge in [-0.2, -0.15) is 0 Å². The molecule has 1 amide bonds. The molecule has 2 aromatic rings. The largest absolute Gasteiger partial charge is 0.497 e. The number of methoxy groups -OCH3 is 1. The Morgan fingerprint density at radius 3 is 2.45 bits per heavy atom. The molecular formula is C21H28N6O2. The fraction of sp³-hybridized carbons (Fsp3) is 0.476. The Morgan fingerprint density at radius 2 is 1.79 bits per heavy atom. The van der Waals surface area contributed by atoms with E-state index in [1.807, 2.05) is 12.1 Å². The predicted octanol–water partition coefficient (Wildman–Crippen LogP) is 2.59. The Bertz CT molecular complexity index is 862. The van der Waals surface area contributed by atoms with Crippen LogP contribution in [-0.4, -0.2) is 55.2 Å². The summed E-state index contributed by atoms with van der Waals surface area (Å²) < 4.78 is 5.24. The van der Waals surface area contributed by atoms with Crippen molar-refractivity contribution in [2.24, 2.45) is 5.92 Å². The average Bonchev–Trinajstić information content (AvgIpc) is 2.74. The maximum atomic E-state index is 12.6. The van der Waals surface area contributed by atoms with E-state index in [0.717, 1.165) is 44.2 Å². The summed E-state index contributed by atoms with van der Waals surface area (Å²) in [5.41, 5.74) is 1.87. The highest BCUT2D eigenvalue weighted by atomic mass is 16.5. The second-order valence-electron chi connectivity index (χ2n) is 7.91. The highest BCUT2D eigenvalue weighted by molar-refractivity contribution is 6.05. The number of benzene rings is 1. The van der Waals surface area contributed by atoms with Crippen molar-refractivity contribution in [2.45, 2.75) is 26.3 Å². The molecule has 8 heteroatoms. The lowest BCUT2D eigenvalue weighted by Gasteiger charge is -2.38. The fourth-order valence-corrected chi connectivity index (χ4v) is 3.89. The number of carbonyl (C=O) groups excluding carboxylic acids is 1. The van der Waals surface area contributed by atoms with Gasteiger partial charge in [0, 0.05) is 31.9 Å². The zero-order chi connectivity index (χ0) is 20.4. The van der Waals surface area contributed by atoms with Crippen molar-refractivity contribution in [1.82, 2.24) is 9.97 Å². The van der Waals surface area contributed by atoms with Gasteiger partial charge in [0.15, 0.2) is 11.6 Å². The van der Waals surface area contributed by atoms with E-state index in [1.165, 1.54) is 5.69 Å². The number of ether oxygens (including phenoxy) is 1. The van der Waals surface area contributed by atoms with E-state index in [-0.39, 0.29) is 11.9 Å². The van der Waals surface area contributed by atoms with Crippen LogP contribution in [0.2, 0.25) is 0 Å². The molecule has 154 valence electrons. The van der Waals surface area contributed by atoms with Crippen LogP contribution in [0.1, 0.15) is 20.3 Å². The first kappa shape index (κ1) is 19.3. The monoisotopic (exact) mass is 396 g/mol. The van der Waals surface area contributed by atoms with Crippen molar-refractivity contribution in [1.29, 1.82) is 0 Å². The number of nitrogens with one attached hydrogen (secondary N) is 2. The molecule has 2 aliphatic rings. The van der Waals surface area contributed by atoms with Gasteiger partial charge in [-0.25, -0.2) is 9.97 Å². The lowest BCUT2D eigenvalue weighted by atomic mass is 10.0. The molecule has 1 atom stereocenters. The molecule has 1 aromatic carbocycles. The van der Waals surface area contributed by atoms with Gasteiger partial charge < -0.3 is 25.2 Å². The highest BCUT2D eigenvalue weighted by Gasteiger charge is 2.31. The molecule has 8 nitrogen and oxygen atoms in total. The Morgan fingerprint density at radius 1 is 1.10 bits per heavy atom. The number of hydrogen-bond acceptors (Lipinski definition) is 7. The van der Waals surface area contributed by atoms with E-state index in [4.69, 9.17) is 4.74 Å². The van der Waals surface area contributed by atoms with Gasteiger partial charge in [0.05, 0.1) is 7.11 Å². The standard InChI is InChI=1S/C21H28N6O2/c1-14(2)12-17-21(28)25-18-19(24-17)22-13-23-20(18)27-10-8-26(9-11-27)15-4-6-16(29-3)7-5-15/h4-7,13-14,17H,8-12H2,1-3H3,(H,25,28)(H,22,23,24). The molecule has 2 aliphatic heterocycles. The molecule has 1 aromatic heterocycles. The van der Waals surface area contributed by atoms with E-state index in [2.05, 4.69) is 56.4 Å². The normalized spacial score (nSPS) is 18.9. The van der Waals surface area contributed by atoms with Crippen LogP contribution in [0.4, 0.5) is 23.0 Å². The van der Waals surface area contributed by atoms with Crippen LogP contribution in [0.25, 0.3) is 0 Å². The third-order valence-corrected chi connectivity index (χ3v) is 5.43. The minimum atomic E-state index is -0.253. The zero-order valence-corrected chi connectivity index (χ0v) is 17.2. The molecular weight excluding hydrogens is 368 g/mol. The highest BCUT2D eigenvalue weighted by Crippen LogP contribution is 2.34. The Hall–Kier alpha value is -3.03. The van der Waals surface area contributed by atoms with Gasteiger partial charge in [-0.1, -0.05) is 13.8 Å². The first-order valence-electron chi connectivity index (χ1n) is 10.1. The minimum Gasteiger partial charge on any atom is -0.497 e. The molecule has 1 saturated heterocycles. The van der Waals surface area contributed by atoms with E-state index >= 15 is 0 Å². The van der Waals surface area contributed by atoms with E-state index in [9.17, 15) is 4.79 Å². The Labute approximate surface area is 171 Å². The van der Waals surface area contributed by atoms with E-state index < -0.39 is 0 Å². The molecule has 0 saturated carbocycles. The number of hydrogen-bond donors (Lipinski definition) is 2. The lowest BCUT2D eigenvalue weighted by molar-refractivity contribution is -0.117. The number of aromatic nitrogens is 2. The molecule has 0 bridgehead atoms. The number of fused-ring (bicyclic) bond motifs is 1. The van der Waals surface area contributed by atoms with Crippen molar-refractivity contribution in [3.63, 3.8) is 0 Å². The lowest BCUT2D eigenvalue weighted by Crippen LogP contribution is -2.48. The molecule has 2 N–H and O–H groups in total. The van der Waals surface area contributed by atoms with Gasteiger partial charge in [-0.15, -0.1) is 0 Å². The van der Waals surface area contributed by atoms with Crippen LogP contribution in [-0.2, 0) is 4.79 Å². The summed E-state index contributed by atoms with van der Waals surface area (Å²) in [5, 5.41) is 6.33. The maximum absolute atomic E-state index is 12.6. The third kappa shape index (κ3) is 4.06. The number of carbonyl (C=O) groups is 1. The molecule has 0 spiro atoms. The number of rotatable bonds is 5. The summed E-state index contributed by atoms with van der Waals surface area (Å²) in [7, 11) is 1.68. The fourth-order valence-electron chi connectivity index (χ4n) is 3.89. The van der Waals surface area contributed by atoms with E-state index in [0.29, 0.717) is 17.4 Å². The van der Waals surface area contributed by atoms with Gasteiger partial charge in [0.1, 0.15) is 23.8 Å². The molecule has 3 heterocycles. The number of piperazine rings is 1. The van der Waals surface area contributed by atoms with Crippen molar-refractivity contribution >= 4 is 28.9 Å². The van der Waals surface area contributed by atoms with Crippen LogP contribution in [0.3, 0.4) is 0 Å². The molecule has 0 radical (unpaired) electrons. The Kier molecular flexibility index (Phi) is 5.42. The predicted molar refractivity (Wildman–Crippen MR) is 115 cm³/mol. The summed E-state index contributed by atoms with van der Waals surface area (Å²) in [4.78, 5) is 26.0. The smallest absolute Gasteiger partial charge is 0.247 e. The second kappa shape index (κ2) is 8.14. The molecule has 29 heavy (non-hydrogen) atoms. The van der Waals surface area contributed by atoms with Crippen molar-refractivity contribution in [3.05, 3.63) is 30.6 Å². The zero-order valence-electron chi connectivity index (χ0n) is 17.2. The SMILES string of the molecule is COc1ccc(N2CCN(c3ncnc4c3NC(=O)C(CC(C)C)N4)CC2)cc1. The second-order valence-corrected chi connectivity index (χ2v) is 7.91. The van der Waals surface area contributed by atoms with Crippen LogP contribution in [0.15, 0.2) is 30.6 Å². The summed E-state index contributed by atoms with van der Waals surface area (Å²) in [6.07, 6.45) is 2.34. The van der Waals surface area contributed by atoms with Crippen molar-refractivity contribution in [3.8, 4) is 5.75 Å². The summed E-state index contributed by atoms with van der Waals surface area (Å²) >= 11 is 0. The van der Waals surface area contributed by atoms with Gasteiger partial charge in [-0.05, 0) is 36.6 Å². The Balaban J connectivity index is 1.46. The first-order chi connectivity index (χ1) is 14.0. The number of nitrogens with zero attached hydrogens (tertiary/aromatic N) is 4. The molecule has 1 fully saturated rings. The van der Waals surface area contributed by atoms with Gasteiger partial charge >= 0.3 is 0 Å². The van der Waals surface area contributed by atoms with Crippen LogP contribution in [0, 0.1) is 5.92 Å². The molecule has 1 unspecified atom stereocenters. The third-order valence-electron chi connectivity index (χ3n) is 5.43. The molecule has 0 aliphatic carbocycles. The van der Waals surface area contributed by atoms with E-state index in [1.54, 1.807) is 13.4 Å². The topological polar surface area (TPSA) is 82.6 Å². The first-order valence-corrected chi connectivity index (χ1v) is 10.1. The van der Waals surface area contributed by atoms with Gasteiger partial charge in [-0.3, -0.25) is 4.79 Å². The molecule has 4 rings (SSSR count). The van der Waals surface area contributed by atoms with Crippen molar-refractivity contribution in [2.75, 3.05) is 53.7 Å². The summed E-state index contributed by atoms with van der Waals surface area (Å²) in [6, 6.07) is 7.88. The van der Waals surface area contributed by atoms with Gasteiger partial charge in [0.25, 0.3) is 0 Å². The minimum absolute atomic E-state index is 0.0147. The van der Waals surface area contributed by atoms with Gasteiger partial charge in [0.2, 0.25) is 5.91 Å². The van der Waals surface area contributed by atoms with Crippen LogP contribution in [0.5, 0.6) is 5.75 Å². The van der Waals surface area contributed by atoms with Crippen molar-refractivity contribution < 1.29 is 9.53 Å². The quantitative estimate of drug-likeness (QED) is 0.804. The number of amides is 1. The summed E-state index contributed by atoms with van der Waals surface area (Å²) in [5.74, 6) is 2.76. The average molecular weight is 396 g/mol. The number of anilines is 4.